The molecule has 0 unspecified atom stereocenters. The highest BCUT2D eigenvalue weighted by Gasteiger charge is 2.38. The third-order valence-electron chi connectivity index (χ3n) is 3.64. The highest BCUT2D eigenvalue weighted by molar-refractivity contribution is 7.13. The number of carboxylic acids is 2. The Labute approximate surface area is 165 Å². The summed E-state index contributed by atoms with van der Waals surface area (Å²) < 4.78 is 31.7. The summed E-state index contributed by atoms with van der Waals surface area (Å²) in [7, 11) is 0. The largest absolute Gasteiger partial charge is 0.490 e. The number of hydrogen-bond acceptors (Lipinski definition) is 7. The van der Waals surface area contributed by atoms with E-state index in [4.69, 9.17) is 26.5 Å². The van der Waals surface area contributed by atoms with E-state index in [1.54, 1.807) is 6.07 Å². The Morgan fingerprint density at radius 1 is 1.14 bits per heavy atom. The number of aryl methyl sites for hydroxylation is 2. The van der Waals surface area contributed by atoms with Gasteiger partial charge in [0.05, 0.1) is 5.39 Å². The molecular weight excluding hydrogens is 415 g/mol. The first-order valence-corrected chi connectivity index (χ1v) is 8.81. The molecule has 0 saturated carbocycles. The van der Waals surface area contributed by atoms with Crippen LogP contribution in [0.2, 0.25) is 0 Å². The van der Waals surface area contributed by atoms with Crippen molar-refractivity contribution < 1.29 is 33.0 Å². The summed E-state index contributed by atoms with van der Waals surface area (Å²) in [5, 5.41) is 16.9. The summed E-state index contributed by atoms with van der Waals surface area (Å²) in [4.78, 5) is 32.3. The van der Waals surface area contributed by atoms with Crippen LogP contribution in [0.25, 0.3) is 11.0 Å². The minimum absolute atomic E-state index is 0.151. The molecule has 0 bridgehead atoms. The third-order valence-corrected chi connectivity index (χ3v) is 4.78. The van der Waals surface area contributed by atoms with Crippen molar-refractivity contribution in [2.75, 3.05) is 11.5 Å². The van der Waals surface area contributed by atoms with Gasteiger partial charge in [-0.3, -0.25) is 0 Å². The Bertz CT molecular complexity index is 1030. The van der Waals surface area contributed by atoms with Crippen LogP contribution in [0.5, 0.6) is 0 Å². The number of alkyl halides is 3. The second-order valence-electron chi connectivity index (χ2n) is 5.73. The summed E-state index contributed by atoms with van der Waals surface area (Å²) in [5.74, 6) is -3.11. The molecule has 0 amide bonds. The molecule has 0 saturated heterocycles. The number of carboxylic acid groups (broad SMARTS) is 2. The van der Waals surface area contributed by atoms with Crippen LogP contribution in [-0.4, -0.2) is 43.3 Å². The molecule has 0 atom stereocenters. The smallest absolute Gasteiger partial charge is 0.477 e. The van der Waals surface area contributed by atoms with Crippen molar-refractivity contribution >= 4 is 46.1 Å². The van der Waals surface area contributed by atoms with Crippen molar-refractivity contribution in [2.45, 2.75) is 25.4 Å². The average Bonchev–Trinajstić information content (AvgIpc) is 3.22. The van der Waals surface area contributed by atoms with Crippen molar-refractivity contribution in [3.8, 4) is 0 Å². The van der Waals surface area contributed by atoms with Gasteiger partial charge in [-0.05, 0) is 37.0 Å². The number of H-pyrrole nitrogens is 1. The van der Waals surface area contributed by atoms with E-state index in [1.165, 1.54) is 11.3 Å². The number of nitrogen functional groups attached to an aromatic ring is 2. The quantitative estimate of drug-likeness (QED) is 0.411. The van der Waals surface area contributed by atoms with Gasteiger partial charge >= 0.3 is 18.1 Å². The number of aromatic carboxylic acids is 1. The number of nitrogens with two attached hydrogens (primary N) is 2. The zero-order valence-corrected chi connectivity index (χ0v) is 15.5. The van der Waals surface area contributed by atoms with Crippen molar-refractivity contribution in [2.24, 2.45) is 0 Å². The molecule has 3 rings (SSSR count). The number of hydrogen-bond donors (Lipinski definition) is 5. The minimum Gasteiger partial charge on any atom is -0.477 e. The van der Waals surface area contributed by atoms with Crippen molar-refractivity contribution in [1.29, 1.82) is 0 Å². The first kappa shape index (κ1) is 21.9. The van der Waals surface area contributed by atoms with Gasteiger partial charge in [0.15, 0.2) is 0 Å². The number of fused-ring (bicyclic) bond motifs is 1. The molecule has 0 aliphatic rings. The summed E-state index contributed by atoms with van der Waals surface area (Å²) in [5.41, 5.74) is 13.2. The van der Waals surface area contributed by atoms with Gasteiger partial charge in [0.2, 0.25) is 5.95 Å². The fourth-order valence-electron chi connectivity index (χ4n) is 2.42. The molecular formula is C16H16F3N5O4S. The second kappa shape index (κ2) is 8.77. The number of aliphatic carboxylic acids is 1. The molecule has 0 aromatic carbocycles. The molecule has 9 nitrogen and oxygen atoms in total. The van der Waals surface area contributed by atoms with Gasteiger partial charge in [0.25, 0.3) is 0 Å². The Kier molecular flexibility index (Phi) is 6.64. The van der Waals surface area contributed by atoms with Crippen LogP contribution in [0.1, 0.15) is 26.5 Å². The highest BCUT2D eigenvalue weighted by atomic mass is 32.1. The summed E-state index contributed by atoms with van der Waals surface area (Å²) in [6.45, 7) is 0. The number of halogens is 3. The summed E-state index contributed by atoms with van der Waals surface area (Å²) >= 11 is 1.31. The van der Waals surface area contributed by atoms with Crippen LogP contribution >= 0.6 is 11.3 Å². The maximum Gasteiger partial charge on any atom is 0.490 e. The van der Waals surface area contributed by atoms with E-state index >= 15 is 0 Å². The minimum atomic E-state index is -5.08. The van der Waals surface area contributed by atoms with Gasteiger partial charge in [-0.2, -0.15) is 23.1 Å². The van der Waals surface area contributed by atoms with E-state index in [-0.39, 0.29) is 5.95 Å². The number of thiophene rings is 1. The molecule has 13 heteroatoms. The SMILES string of the molecule is Nc1nc(N)c2c(CCCc3ccc(C(=O)O)s3)c[nH]c2n1.O=C(O)C(F)(F)F. The van der Waals surface area contributed by atoms with E-state index < -0.39 is 18.1 Å². The first-order valence-electron chi connectivity index (χ1n) is 8.00. The Morgan fingerprint density at radius 2 is 1.79 bits per heavy atom. The van der Waals surface area contributed by atoms with Crippen molar-refractivity contribution in [3.63, 3.8) is 0 Å². The lowest BCUT2D eigenvalue weighted by Gasteiger charge is -2.02. The molecule has 3 aromatic rings. The molecule has 0 aliphatic heterocycles. The molecule has 0 spiro atoms. The number of nitrogens with one attached hydrogen (secondary N) is 1. The summed E-state index contributed by atoms with van der Waals surface area (Å²) in [6.07, 6.45) is -0.708. The monoisotopic (exact) mass is 431 g/mol. The van der Waals surface area contributed by atoms with Gasteiger partial charge in [-0.25, -0.2) is 9.59 Å². The van der Waals surface area contributed by atoms with Gasteiger partial charge < -0.3 is 26.7 Å². The molecule has 3 heterocycles. The molecule has 0 fully saturated rings. The average molecular weight is 431 g/mol. The number of carbonyl (C=O) groups is 2. The Hall–Kier alpha value is -3.35. The maximum atomic E-state index is 10.9. The van der Waals surface area contributed by atoms with Gasteiger partial charge in [-0.1, -0.05) is 0 Å². The second-order valence-corrected chi connectivity index (χ2v) is 6.90. The van der Waals surface area contributed by atoms with E-state index in [1.807, 2.05) is 12.3 Å². The molecule has 29 heavy (non-hydrogen) atoms. The lowest BCUT2D eigenvalue weighted by Crippen LogP contribution is -2.21. The Balaban J connectivity index is 0.000000370. The zero-order chi connectivity index (χ0) is 21.8. The van der Waals surface area contributed by atoms with Crippen LogP contribution < -0.4 is 11.5 Å². The lowest BCUT2D eigenvalue weighted by atomic mass is 10.1. The first-order chi connectivity index (χ1) is 13.5. The molecule has 0 aliphatic carbocycles. The number of anilines is 2. The third kappa shape index (κ3) is 5.81. The van der Waals surface area contributed by atoms with Crippen LogP contribution in [0, 0.1) is 0 Å². The normalized spacial score (nSPS) is 11.1. The number of aromatic nitrogens is 3. The number of nitrogens with zero attached hydrogens (tertiary/aromatic N) is 2. The van der Waals surface area contributed by atoms with Gasteiger partial charge in [-0.15, -0.1) is 11.3 Å². The van der Waals surface area contributed by atoms with Crippen molar-refractivity contribution in [3.05, 3.63) is 33.6 Å². The standard InChI is InChI=1S/C14H15N5O2S.C2HF3O2/c15-11-10-7(6-17-12(10)19-14(16)18-11)2-1-3-8-4-5-9(22-8)13(20)21;3-2(4,5)1(6)7/h4-6H,1-3H2,(H,20,21)(H5,15,16,17,18,19);(H,6,7). The van der Waals surface area contributed by atoms with E-state index in [0.29, 0.717) is 16.3 Å². The predicted molar refractivity (Wildman–Crippen MR) is 99.7 cm³/mol. The van der Waals surface area contributed by atoms with Crippen LogP contribution in [0.15, 0.2) is 18.3 Å². The number of aromatic amines is 1. The fraction of sp³-hybridized carbons (Fsp3) is 0.250. The summed E-state index contributed by atoms with van der Waals surface area (Å²) in [6, 6.07) is 3.50. The Morgan fingerprint density at radius 3 is 2.34 bits per heavy atom. The number of rotatable bonds is 5. The molecule has 0 radical (unpaired) electrons. The zero-order valence-electron chi connectivity index (χ0n) is 14.7. The topological polar surface area (TPSA) is 168 Å². The van der Waals surface area contributed by atoms with Gasteiger partial charge in [0, 0.05) is 11.1 Å². The van der Waals surface area contributed by atoms with E-state index in [2.05, 4.69) is 15.0 Å². The maximum absolute atomic E-state index is 10.9. The van der Waals surface area contributed by atoms with Crippen LogP contribution in [0.4, 0.5) is 24.9 Å². The van der Waals surface area contributed by atoms with Crippen LogP contribution in [0.3, 0.4) is 0 Å². The van der Waals surface area contributed by atoms with E-state index in [9.17, 15) is 18.0 Å². The van der Waals surface area contributed by atoms with Crippen LogP contribution in [-0.2, 0) is 17.6 Å². The molecule has 7 N–H and O–H groups in total. The molecule has 3 aromatic heterocycles. The van der Waals surface area contributed by atoms with Crippen molar-refractivity contribution in [1.82, 2.24) is 15.0 Å². The highest BCUT2D eigenvalue weighted by Crippen LogP contribution is 2.25. The predicted octanol–water partition coefficient (Wildman–Crippen LogP) is 2.69. The fourth-order valence-corrected chi connectivity index (χ4v) is 3.31. The lowest BCUT2D eigenvalue weighted by molar-refractivity contribution is -0.192. The molecule has 156 valence electrons. The van der Waals surface area contributed by atoms with Gasteiger partial charge in [0.1, 0.15) is 16.3 Å². The van der Waals surface area contributed by atoms with E-state index in [0.717, 1.165) is 35.1 Å².